The molecule has 0 unspecified atom stereocenters. The van der Waals surface area contributed by atoms with Crippen molar-refractivity contribution in [1.82, 2.24) is 9.21 Å². The lowest BCUT2D eigenvalue weighted by molar-refractivity contribution is -0.376. The molecule has 0 amide bonds. The van der Waals surface area contributed by atoms with Gasteiger partial charge in [-0.2, -0.15) is 26.3 Å². The van der Waals surface area contributed by atoms with Gasteiger partial charge in [-0.05, 0) is 24.1 Å². The fourth-order valence-corrected chi connectivity index (χ4v) is 7.54. The van der Waals surface area contributed by atoms with E-state index in [0.29, 0.717) is 38.5 Å². The highest BCUT2D eigenvalue weighted by molar-refractivity contribution is 7.90. The molecule has 2 saturated heterocycles. The summed E-state index contributed by atoms with van der Waals surface area (Å²) >= 11 is 0. The number of alkyl halides is 6. The van der Waals surface area contributed by atoms with E-state index in [0.717, 1.165) is 12.3 Å². The summed E-state index contributed by atoms with van der Waals surface area (Å²) in [5, 5.41) is 9.75. The van der Waals surface area contributed by atoms with Crippen LogP contribution in [-0.2, 0) is 38.4 Å². The maximum absolute atomic E-state index is 15.7. The third-order valence-corrected chi connectivity index (χ3v) is 9.97. The molecular formula is C25H26F8N2O5S2. The maximum atomic E-state index is 15.7. The van der Waals surface area contributed by atoms with E-state index in [9.17, 15) is 48.3 Å². The van der Waals surface area contributed by atoms with E-state index in [1.807, 2.05) is 0 Å². The van der Waals surface area contributed by atoms with Gasteiger partial charge in [0.15, 0.2) is 9.84 Å². The monoisotopic (exact) mass is 650 g/mol. The zero-order valence-corrected chi connectivity index (χ0v) is 24.0. The van der Waals surface area contributed by atoms with Crippen molar-refractivity contribution >= 4 is 19.9 Å². The van der Waals surface area contributed by atoms with Crippen molar-refractivity contribution in [2.75, 3.05) is 38.7 Å². The highest BCUT2D eigenvalue weighted by Gasteiger charge is 2.71. The molecule has 7 nitrogen and oxygen atoms in total. The first-order valence-corrected chi connectivity index (χ1v) is 16.1. The van der Waals surface area contributed by atoms with Gasteiger partial charge in [-0.1, -0.05) is 19.1 Å². The van der Waals surface area contributed by atoms with Crippen LogP contribution in [-0.4, -0.2) is 82.2 Å². The molecule has 0 saturated carbocycles. The molecule has 0 radical (unpaired) electrons. The molecule has 2 aliphatic rings. The van der Waals surface area contributed by atoms with Crippen LogP contribution >= 0.6 is 0 Å². The van der Waals surface area contributed by atoms with Crippen molar-refractivity contribution in [2.24, 2.45) is 5.41 Å². The Morgan fingerprint density at radius 1 is 0.905 bits per heavy atom. The molecule has 0 bridgehead atoms. The van der Waals surface area contributed by atoms with Crippen LogP contribution in [0.1, 0.15) is 23.6 Å². The van der Waals surface area contributed by atoms with Crippen LogP contribution in [0.4, 0.5) is 35.1 Å². The Labute approximate surface area is 236 Å². The van der Waals surface area contributed by atoms with Gasteiger partial charge < -0.3 is 5.11 Å². The molecule has 1 N–H and O–H groups in total. The van der Waals surface area contributed by atoms with Gasteiger partial charge in [0.25, 0.3) is 5.60 Å². The molecular weight excluding hydrogens is 624 g/mol. The molecule has 234 valence electrons. The quantitative estimate of drug-likeness (QED) is 0.456. The fraction of sp³-hybridized carbons (Fsp3) is 0.520. The highest BCUT2D eigenvalue weighted by atomic mass is 32.2. The molecule has 2 aromatic rings. The second-order valence-electron chi connectivity index (χ2n) is 10.9. The van der Waals surface area contributed by atoms with E-state index in [4.69, 9.17) is 0 Å². The lowest BCUT2D eigenvalue weighted by Crippen LogP contribution is -2.72. The summed E-state index contributed by atoms with van der Waals surface area (Å²) < 4.78 is 161. The van der Waals surface area contributed by atoms with Crippen LogP contribution in [0.25, 0.3) is 11.1 Å². The van der Waals surface area contributed by atoms with Crippen LogP contribution in [0.15, 0.2) is 29.2 Å². The molecule has 2 aliphatic heterocycles. The number of halogens is 8. The van der Waals surface area contributed by atoms with E-state index in [1.54, 1.807) is 4.90 Å². The minimum Gasteiger partial charge on any atom is -0.369 e. The minimum atomic E-state index is -6.30. The number of benzene rings is 2. The SMILES string of the molecule is CCc1c(F)c(CN2CC3(C2)CN(S(C)(=O)=O)C3)cc(F)c1-c1ccc(C(O)(C(F)(F)F)C(F)(F)F)cc1S(C)(=O)=O. The second-order valence-corrected chi connectivity index (χ2v) is 14.9. The molecule has 42 heavy (non-hydrogen) atoms. The summed E-state index contributed by atoms with van der Waals surface area (Å²) in [5.74, 6) is -2.10. The number of nitrogens with zero attached hydrogens (tertiary/aromatic N) is 2. The average Bonchev–Trinajstić information content (AvgIpc) is 2.77. The van der Waals surface area contributed by atoms with Crippen molar-refractivity contribution in [1.29, 1.82) is 0 Å². The third kappa shape index (κ3) is 5.42. The second kappa shape index (κ2) is 10.1. The van der Waals surface area contributed by atoms with E-state index >= 15 is 8.78 Å². The Kier molecular flexibility index (Phi) is 7.84. The Morgan fingerprint density at radius 2 is 1.45 bits per heavy atom. The average molecular weight is 651 g/mol. The summed E-state index contributed by atoms with van der Waals surface area (Å²) in [6.45, 7) is 2.71. The standard InChI is InChI=1S/C25H26F8N2O5S2/c1-4-16-20(17-6-5-15(8-19(17)41(2,37)38)23(36,24(28,29)30)25(31,32)33)18(26)7-14(21(16)27)9-34-10-22(11-34)12-35(13-22)42(3,39)40/h5-8,36H,4,9-13H2,1-3H3. The molecule has 0 aromatic heterocycles. The molecule has 0 atom stereocenters. The number of hydrogen-bond acceptors (Lipinski definition) is 6. The Bertz CT molecular complexity index is 1610. The summed E-state index contributed by atoms with van der Waals surface area (Å²) in [6, 6.07) is 1.40. The zero-order chi connectivity index (χ0) is 31.8. The van der Waals surface area contributed by atoms with Crippen molar-refractivity contribution < 1.29 is 57.1 Å². The summed E-state index contributed by atoms with van der Waals surface area (Å²) in [4.78, 5) is 0.584. The normalized spacial score (nSPS) is 18.7. The number of sulfone groups is 1. The Balaban J connectivity index is 1.74. The lowest BCUT2D eigenvalue weighted by Gasteiger charge is -2.59. The van der Waals surface area contributed by atoms with Crippen molar-refractivity contribution in [2.45, 2.75) is 42.7 Å². The van der Waals surface area contributed by atoms with Gasteiger partial charge in [0.05, 0.1) is 11.2 Å². The van der Waals surface area contributed by atoms with E-state index in [-0.39, 0.29) is 41.6 Å². The highest BCUT2D eigenvalue weighted by Crippen LogP contribution is 2.51. The molecule has 2 fully saturated rings. The van der Waals surface area contributed by atoms with E-state index < -0.39 is 71.0 Å². The molecule has 0 aliphatic carbocycles. The topological polar surface area (TPSA) is 95.0 Å². The number of sulfonamides is 1. The molecule has 17 heteroatoms. The minimum absolute atomic E-state index is 0.0335. The van der Waals surface area contributed by atoms with Crippen molar-refractivity contribution in [3.63, 3.8) is 0 Å². The number of aliphatic hydroxyl groups is 1. The Hall–Kier alpha value is -2.34. The lowest BCUT2D eigenvalue weighted by atomic mass is 9.74. The van der Waals surface area contributed by atoms with Crippen LogP contribution in [0.3, 0.4) is 0 Å². The largest absolute Gasteiger partial charge is 0.430 e. The Morgan fingerprint density at radius 3 is 1.90 bits per heavy atom. The number of likely N-dealkylation sites (tertiary alicyclic amines) is 1. The predicted octanol–water partition coefficient (Wildman–Crippen LogP) is 3.99. The molecule has 4 rings (SSSR count). The maximum Gasteiger partial charge on any atom is 0.430 e. The smallest absolute Gasteiger partial charge is 0.369 e. The first kappa shape index (κ1) is 32.6. The third-order valence-electron chi connectivity index (χ3n) is 7.64. The van der Waals surface area contributed by atoms with Gasteiger partial charge in [-0.15, -0.1) is 0 Å². The van der Waals surface area contributed by atoms with Crippen LogP contribution in [0.2, 0.25) is 0 Å². The van der Waals surface area contributed by atoms with Crippen LogP contribution in [0, 0.1) is 17.0 Å². The predicted molar refractivity (Wildman–Crippen MR) is 134 cm³/mol. The molecule has 2 heterocycles. The summed E-state index contributed by atoms with van der Waals surface area (Å²) in [7, 11) is -7.99. The van der Waals surface area contributed by atoms with Gasteiger partial charge in [0.2, 0.25) is 10.0 Å². The van der Waals surface area contributed by atoms with Gasteiger partial charge in [0.1, 0.15) is 11.6 Å². The van der Waals surface area contributed by atoms with E-state index in [2.05, 4.69) is 0 Å². The van der Waals surface area contributed by atoms with Gasteiger partial charge in [0, 0.05) is 66.6 Å². The zero-order valence-electron chi connectivity index (χ0n) is 22.4. The molecule has 2 aromatic carbocycles. The van der Waals surface area contributed by atoms with Gasteiger partial charge in [-0.3, -0.25) is 4.90 Å². The van der Waals surface area contributed by atoms with E-state index in [1.165, 1.54) is 11.2 Å². The first-order chi connectivity index (χ1) is 18.9. The van der Waals surface area contributed by atoms with Crippen LogP contribution in [0.5, 0.6) is 0 Å². The van der Waals surface area contributed by atoms with Gasteiger partial charge in [-0.25, -0.2) is 29.9 Å². The summed E-state index contributed by atoms with van der Waals surface area (Å²) in [6.07, 6.45) is -11.3. The first-order valence-electron chi connectivity index (χ1n) is 12.3. The van der Waals surface area contributed by atoms with Crippen molar-refractivity contribution in [3.8, 4) is 11.1 Å². The fourth-order valence-electron chi connectivity index (χ4n) is 5.61. The van der Waals surface area contributed by atoms with Crippen LogP contribution < -0.4 is 0 Å². The summed E-state index contributed by atoms with van der Waals surface area (Å²) in [5.41, 5.74) is -9.41. The van der Waals surface area contributed by atoms with Crippen molar-refractivity contribution in [3.05, 3.63) is 52.6 Å². The van der Waals surface area contributed by atoms with Gasteiger partial charge >= 0.3 is 12.4 Å². The number of hydrogen-bond donors (Lipinski definition) is 1. The number of rotatable bonds is 7. The molecule has 1 spiro atoms.